The summed E-state index contributed by atoms with van der Waals surface area (Å²) in [6, 6.07) is -0.359. The highest BCUT2D eigenvalue weighted by Gasteiger charge is 2.20. The topological polar surface area (TPSA) is 55.1 Å². The molecule has 3 N–H and O–H groups in total. The van der Waals surface area contributed by atoms with E-state index < -0.39 is 0 Å². The Bertz CT molecular complexity index is 211. The van der Waals surface area contributed by atoms with Crippen LogP contribution in [0.15, 0.2) is 0 Å². The minimum absolute atomic E-state index is 0.00894. The van der Waals surface area contributed by atoms with Crippen LogP contribution in [0.2, 0.25) is 0 Å². The van der Waals surface area contributed by atoms with Crippen molar-refractivity contribution in [2.45, 2.75) is 40.2 Å². The minimum atomic E-state index is -0.359. The van der Waals surface area contributed by atoms with Crippen molar-refractivity contribution in [1.82, 2.24) is 5.32 Å². The molecule has 0 radical (unpaired) electrons. The third kappa shape index (κ3) is 6.94. The lowest BCUT2D eigenvalue weighted by Crippen LogP contribution is -2.44. The van der Waals surface area contributed by atoms with E-state index in [9.17, 15) is 4.79 Å². The molecule has 0 aromatic carbocycles. The van der Waals surface area contributed by atoms with E-state index in [0.717, 1.165) is 18.7 Å². The average Bonchev–Trinajstić information content (AvgIpc) is 2.24. The lowest BCUT2D eigenvalue weighted by molar-refractivity contribution is -0.122. The molecule has 4 heteroatoms. The van der Waals surface area contributed by atoms with Gasteiger partial charge in [-0.3, -0.25) is 4.79 Å². The molecule has 0 fully saturated rings. The van der Waals surface area contributed by atoms with E-state index in [0.29, 0.717) is 17.8 Å². The molecule has 1 atom stereocenters. The van der Waals surface area contributed by atoms with Crippen molar-refractivity contribution in [2.24, 2.45) is 23.5 Å². The number of thioether (sulfide) groups is 1. The maximum atomic E-state index is 11.8. The summed E-state index contributed by atoms with van der Waals surface area (Å²) in [5, 5.41) is 2.98. The molecule has 1 amide bonds. The first kappa shape index (κ1) is 16.8. The third-order valence-corrected chi connectivity index (χ3v) is 3.84. The Hall–Kier alpha value is -0.220. The standard InChI is InChI=1S/C13H28N2OS/c1-9(2)11(10(3)4)8-15-13(16)12(14)6-7-17-5/h9-12H,6-8,14H2,1-5H3,(H,15,16)/t12-/m1/s1. The molecule has 0 saturated heterocycles. The van der Waals surface area contributed by atoms with E-state index in [1.54, 1.807) is 11.8 Å². The van der Waals surface area contributed by atoms with Crippen LogP contribution in [0.5, 0.6) is 0 Å². The van der Waals surface area contributed by atoms with Gasteiger partial charge in [-0.25, -0.2) is 0 Å². The first-order valence-corrected chi connectivity index (χ1v) is 7.81. The van der Waals surface area contributed by atoms with Crippen molar-refractivity contribution in [3.8, 4) is 0 Å². The number of nitrogens with two attached hydrogens (primary N) is 1. The molecule has 0 bridgehead atoms. The summed E-state index contributed by atoms with van der Waals surface area (Å²) in [7, 11) is 0. The van der Waals surface area contributed by atoms with Gasteiger partial charge >= 0.3 is 0 Å². The summed E-state index contributed by atoms with van der Waals surface area (Å²) >= 11 is 1.72. The van der Waals surface area contributed by atoms with Crippen LogP contribution in [0.25, 0.3) is 0 Å². The van der Waals surface area contributed by atoms with Gasteiger partial charge in [0.15, 0.2) is 0 Å². The number of carbonyl (C=O) groups is 1. The summed E-state index contributed by atoms with van der Waals surface area (Å²) in [5.74, 6) is 2.61. The van der Waals surface area contributed by atoms with E-state index >= 15 is 0 Å². The van der Waals surface area contributed by atoms with Crippen molar-refractivity contribution >= 4 is 17.7 Å². The Morgan fingerprint density at radius 3 is 2.18 bits per heavy atom. The van der Waals surface area contributed by atoms with Crippen LogP contribution in [0.4, 0.5) is 0 Å². The van der Waals surface area contributed by atoms with E-state index in [1.165, 1.54) is 0 Å². The smallest absolute Gasteiger partial charge is 0.236 e. The zero-order chi connectivity index (χ0) is 13.4. The Morgan fingerprint density at radius 2 is 1.76 bits per heavy atom. The molecule has 102 valence electrons. The highest BCUT2D eigenvalue weighted by molar-refractivity contribution is 7.98. The van der Waals surface area contributed by atoms with Gasteiger partial charge in [0.2, 0.25) is 5.91 Å². The van der Waals surface area contributed by atoms with Crippen LogP contribution in [0.3, 0.4) is 0 Å². The van der Waals surface area contributed by atoms with Crippen molar-refractivity contribution in [1.29, 1.82) is 0 Å². The van der Waals surface area contributed by atoms with Crippen molar-refractivity contribution < 1.29 is 4.79 Å². The van der Waals surface area contributed by atoms with Crippen LogP contribution in [0, 0.1) is 17.8 Å². The fraction of sp³-hybridized carbons (Fsp3) is 0.923. The molecule has 0 aliphatic heterocycles. The van der Waals surface area contributed by atoms with Crippen LogP contribution in [-0.4, -0.2) is 30.5 Å². The fourth-order valence-electron chi connectivity index (χ4n) is 1.97. The fourth-order valence-corrected chi connectivity index (χ4v) is 2.46. The SMILES string of the molecule is CSCC[C@@H](N)C(=O)NCC(C(C)C)C(C)C. The number of rotatable bonds is 8. The predicted molar refractivity (Wildman–Crippen MR) is 77.2 cm³/mol. The van der Waals surface area contributed by atoms with E-state index in [-0.39, 0.29) is 11.9 Å². The van der Waals surface area contributed by atoms with Crippen molar-refractivity contribution in [2.75, 3.05) is 18.6 Å². The molecule has 0 heterocycles. The first-order chi connectivity index (χ1) is 7.90. The quantitative estimate of drug-likeness (QED) is 0.703. The van der Waals surface area contributed by atoms with Crippen molar-refractivity contribution in [3.63, 3.8) is 0 Å². The Morgan fingerprint density at radius 1 is 1.24 bits per heavy atom. The summed E-state index contributed by atoms with van der Waals surface area (Å²) in [5.41, 5.74) is 5.82. The number of carbonyl (C=O) groups excluding carboxylic acids is 1. The highest BCUT2D eigenvalue weighted by atomic mass is 32.2. The van der Waals surface area contributed by atoms with Crippen LogP contribution in [-0.2, 0) is 4.79 Å². The Balaban J connectivity index is 4.03. The normalized spacial score (nSPS) is 13.5. The van der Waals surface area contributed by atoms with Gasteiger partial charge in [0.25, 0.3) is 0 Å². The number of amides is 1. The molecular weight excluding hydrogens is 232 g/mol. The van der Waals surface area contributed by atoms with Crippen LogP contribution >= 0.6 is 11.8 Å². The Kier molecular flexibility index (Phi) is 8.70. The maximum Gasteiger partial charge on any atom is 0.236 e. The molecule has 0 saturated carbocycles. The number of nitrogens with one attached hydrogen (secondary N) is 1. The van der Waals surface area contributed by atoms with E-state index in [1.807, 2.05) is 6.26 Å². The summed E-state index contributed by atoms with van der Waals surface area (Å²) in [4.78, 5) is 11.8. The number of hydrogen-bond acceptors (Lipinski definition) is 3. The molecule has 0 rings (SSSR count). The summed E-state index contributed by atoms with van der Waals surface area (Å²) in [6.07, 6.45) is 2.78. The van der Waals surface area contributed by atoms with Crippen LogP contribution in [0.1, 0.15) is 34.1 Å². The summed E-state index contributed by atoms with van der Waals surface area (Å²) in [6.45, 7) is 9.53. The zero-order valence-corrected chi connectivity index (χ0v) is 12.6. The van der Waals surface area contributed by atoms with Gasteiger partial charge < -0.3 is 11.1 Å². The first-order valence-electron chi connectivity index (χ1n) is 6.42. The second kappa shape index (κ2) is 8.81. The lowest BCUT2D eigenvalue weighted by atomic mass is 9.85. The average molecular weight is 260 g/mol. The van der Waals surface area contributed by atoms with Gasteiger partial charge in [-0.1, -0.05) is 27.7 Å². The zero-order valence-electron chi connectivity index (χ0n) is 11.8. The molecule has 17 heavy (non-hydrogen) atoms. The highest BCUT2D eigenvalue weighted by Crippen LogP contribution is 2.19. The molecule has 0 aromatic heterocycles. The largest absolute Gasteiger partial charge is 0.354 e. The predicted octanol–water partition coefficient (Wildman–Crippen LogP) is 2.11. The maximum absolute atomic E-state index is 11.8. The van der Waals surface area contributed by atoms with Gasteiger partial charge in [-0.2, -0.15) is 11.8 Å². The monoisotopic (exact) mass is 260 g/mol. The summed E-state index contributed by atoms with van der Waals surface area (Å²) < 4.78 is 0. The molecule has 0 aliphatic rings. The van der Waals surface area contributed by atoms with E-state index in [2.05, 4.69) is 33.0 Å². The van der Waals surface area contributed by atoms with Crippen molar-refractivity contribution in [3.05, 3.63) is 0 Å². The number of hydrogen-bond donors (Lipinski definition) is 2. The molecular formula is C13H28N2OS. The second-order valence-corrected chi connectivity index (χ2v) is 6.27. The van der Waals surface area contributed by atoms with Gasteiger partial charge in [0.1, 0.15) is 0 Å². The molecule has 0 aliphatic carbocycles. The van der Waals surface area contributed by atoms with E-state index in [4.69, 9.17) is 5.73 Å². The minimum Gasteiger partial charge on any atom is -0.354 e. The molecule has 0 spiro atoms. The third-order valence-electron chi connectivity index (χ3n) is 3.19. The lowest BCUT2D eigenvalue weighted by Gasteiger charge is -2.25. The Labute approximate surface area is 110 Å². The molecule has 0 aromatic rings. The van der Waals surface area contributed by atoms with Crippen LogP contribution < -0.4 is 11.1 Å². The van der Waals surface area contributed by atoms with Gasteiger partial charge in [0, 0.05) is 6.54 Å². The van der Waals surface area contributed by atoms with Gasteiger partial charge in [0.05, 0.1) is 6.04 Å². The van der Waals surface area contributed by atoms with Gasteiger partial charge in [-0.15, -0.1) is 0 Å². The van der Waals surface area contributed by atoms with Gasteiger partial charge in [-0.05, 0) is 36.2 Å². The second-order valence-electron chi connectivity index (χ2n) is 5.29. The molecule has 0 unspecified atom stereocenters. The molecule has 3 nitrogen and oxygen atoms in total.